The van der Waals surface area contributed by atoms with Crippen LogP contribution in [0.4, 0.5) is 0 Å². The van der Waals surface area contributed by atoms with Gasteiger partial charge < -0.3 is 14.9 Å². The number of methoxy groups -OCH3 is 1. The number of benzene rings is 2. The fourth-order valence-electron chi connectivity index (χ4n) is 2.17. The quantitative estimate of drug-likeness (QED) is 0.398. The van der Waals surface area contributed by atoms with Crippen LogP contribution < -0.4 is 4.74 Å². The molecule has 25 heavy (non-hydrogen) atoms. The number of Topliss-reactive ketones (excluding diaryl/α,β-unsaturated/α-hetero) is 1. The van der Waals surface area contributed by atoms with Crippen molar-refractivity contribution in [3.8, 4) is 22.9 Å². The van der Waals surface area contributed by atoms with Gasteiger partial charge in [-0.25, -0.2) is 0 Å². The molecule has 0 aliphatic heterocycles. The van der Waals surface area contributed by atoms with Crippen molar-refractivity contribution >= 4 is 17.5 Å². The second-order valence-electron chi connectivity index (χ2n) is 5.10. The van der Waals surface area contributed by atoms with Crippen LogP contribution in [0.1, 0.15) is 10.4 Å². The molecule has 0 spiro atoms. The second-order valence-corrected chi connectivity index (χ2v) is 6.04. The van der Waals surface area contributed by atoms with E-state index in [1.807, 2.05) is 24.3 Å². The first-order valence-corrected chi connectivity index (χ1v) is 8.29. The lowest BCUT2D eigenvalue weighted by Gasteiger charge is -2.08. The number of phenols is 2. The van der Waals surface area contributed by atoms with Gasteiger partial charge in [0.1, 0.15) is 12.1 Å². The highest BCUT2D eigenvalue weighted by Crippen LogP contribution is 2.27. The standard InChI is InChI=1S/C17H15N3O4S/c1-24-13-4-2-3-12(8-13)20-10-18-19-17(20)25-9-16(23)11-5-6-14(21)15(22)7-11/h2-8,10,21-22H,9H2,1H3. The minimum absolute atomic E-state index is 0.118. The topological polar surface area (TPSA) is 97.5 Å². The summed E-state index contributed by atoms with van der Waals surface area (Å²) in [5.74, 6) is 0.0445. The first kappa shape index (κ1) is 16.8. The Balaban J connectivity index is 1.75. The third-order valence-electron chi connectivity index (χ3n) is 3.48. The van der Waals surface area contributed by atoms with Gasteiger partial charge in [0.25, 0.3) is 0 Å². The molecule has 0 saturated heterocycles. The number of carbonyl (C=O) groups is 1. The monoisotopic (exact) mass is 357 g/mol. The Morgan fingerprint density at radius 1 is 1.20 bits per heavy atom. The van der Waals surface area contributed by atoms with Crippen molar-refractivity contribution in [3.05, 3.63) is 54.4 Å². The maximum Gasteiger partial charge on any atom is 0.196 e. The van der Waals surface area contributed by atoms with Gasteiger partial charge in [0.05, 0.1) is 18.6 Å². The molecule has 0 saturated carbocycles. The predicted molar refractivity (Wildman–Crippen MR) is 92.7 cm³/mol. The summed E-state index contributed by atoms with van der Waals surface area (Å²) in [4.78, 5) is 12.3. The van der Waals surface area contributed by atoms with Crippen LogP contribution in [0.2, 0.25) is 0 Å². The zero-order valence-corrected chi connectivity index (χ0v) is 14.1. The van der Waals surface area contributed by atoms with Gasteiger partial charge in [-0.1, -0.05) is 17.8 Å². The summed E-state index contributed by atoms with van der Waals surface area (Å²) in [5.41, 5.74) is 1.14. The molecule has 0 aliphatic carbocycles. The molecule has 0 radical (unpaired) electrons. The smallest absolute Gasteiger partial charge is 0.196 e. The lowest BCUT2D eigenvalue weighted by atomic mass is 10.1. The fourth-order valence-corrected chi connectivity index (χ4v) is 2.99. The highest BCUT2D eigenvalue weighted by molar-refractivity contribution is 7.99. The van der Waals surface area contributed by atoms with E-state index in [1.54, 1.807) is 18.0 Å². The van der Waals surface area contributed by atoms with Crippen molar-refractivity contribution in [2.75, 3.05) is 12.9 Å². The van der Waals surface area contributed by atoms with Crippen LogP contribution in [0.3, 0.4) is 0 Å². The molecule has 0 unspecified atom stereocenters. The minimum atomic E-state index is -0.324. The van der Waals surface area contributed by atoms with Gasteiger partial charge in [0.2, 0.25) is 0 Å². The van der Waals surface area contributed by atoms with E-state index in [4.69, 9.17) is 4.74 Å². The molecule has 0 bridgehead atoms. The Kier molecular flexibility index (Phi) is 4.90. The number of hydrogen-bond acceptors (Lipinski definition) is 7. The van der Waals surface area contributed by atoms with Crippen LogP contribution in [0.15, 0.2) is 53.9 Å². The molecule has 2 aromatic carbocycles. The van der Waals surface area contributed by atoms with Gasteiger partial charge >= 0.3 is 0 Å². The fraction of sp³-hybridized carbons (Fsp3) is 0.118. The molecule has 0 fully saturated rings. The Labute approximate surface area is 147 Å². The summed E-state index contributed by atoms with van der Waals surface area (Å²) >= 11 is 1.23. The van der Waals surface area contributed by atoms with E-state index in [0.29, 0.717) is 16.5 Å². The van der Waals surface area contributed by atoms with Crippen molar-refractivity contribution in [1.82, 2.24) is 14.8 Å². The molecule has 1 heterocycles. The Hall–Kier alpha value is -3.00. The van der Waals surface area contributed by atoms with E-state index in [1.165, 1.54) is 30.0 Å². The maximum atomic E-state index is 12.3. The molecule has 3 aromatic rings. The molecular formula is C17H15N3O4S. The van der Waals surface area contributed by atoms with Crippen LogP contribution in [-0.4, -0.2) is 43.6 Å². The molecule has 7 nitrogen and oxygen atoms in total. The van der Waals surface area contributed by atoms with E-state index in [9.17, 15) is 15.0 Å². The number of rotatable bonds is 6. The summed E-state index contributed by atoms with van der Waals surface area (Å²) < 4.78 is 6.97. The third-order valence-corrected chi connectivity index (χ3v) is 4.42. The molecule has 128 valence electrons. The number of aromatic hydroxyl groups is 2. The van der Waals surface area contributed by atoms with E-state index in [-0.39, 0.29) is 23.0 Å². The summed E-state index contributed by atoms with van der Waals surface area (Å²) in [6.07, 6.45) is 1.56. The van der Waals surface area contributed by atoms with Crippen LogP contribution in [0.25, 0.3) is 5.69 Å². The lowest BCUT2D eigenvalue weighted by molar-refractivity contribution is 0.102. The number of ketones is 1. The van der Waals surface area contributed by atoms with Crippen LogP contribution >= 0.6 is 11.8 Å². The van der Waals surface area contributed by atoms with Crippen molar-refractivity contribution in [1.29, 1.82) is 0 Å². The van der Waals surface area contributed by atoms with Crippen molar-refractivity contribution in [3.63, 3.8) is 0 Å². The maximum absolute atomic E-state index is 12.3. The number of phenolic OH excluding ortho intramolecular Hbond substituents is 2. The highest BCUT2D eigenvalue weighted by atomic mass is 32.2. The molecule has 3 rings (SSSR count). The Morgan fingerprint density at radius 3 is 2.80 bits per heavy atom. The van der Waals surface area contributed by atoms with Crippen molar-refractivity contribution in [2.24, 2.45) is 0 Å². The van der Waals surface area contributed by atoms with Crippen molar-refractivity contribution < 1.29 is 19.7 Å². The van der Waals surface area contributed by atoms with Gasteiger partial charge in [-0.15, -0.1) is 10.2 Å². The summed E-state index contributed by atoms with van der Waals surface area (Å²) in [6, 6.07) is 11.4. The zero-order chi connectivity index (χ0) is 17.8. The molecule has 0 aliphatic rings. The normalized spacial score (nSPS) is 10.6. The van der Waals surface area contributed by atoms with E-state index >= 15 is 0 Å². The number of thioether (sulfide) groups is 1. The van der Waals surface area contributed by atoms with Gasteiger partial charge in [-0.2, -0.15) is 0 Å². The number of aromatic nitrogens is 3. The first-order chi connectivity index (χ1) is 12.1. The summed E-state index contributed by atoms with van der Waals surface area (Å²) in [7, 11) is 1.59. The SMILES string of the molecule is COc1cccc(-n2cnnc2SCC(=O)c2ccc(O)c(O)c2)c1. The third kappa shape index (κ3) is 3.74. The van der Waals surface area contributed by atoms with E-state index in [2.05, 4.69) is 10.2 Å². The zero-order valence-electron chi connectivity index (χ0n) is 13.3. The molecule has 0 atom stereocenters. The molecular weight excluding hydrogens is 342 g/mol. The van der Waals surface area contributed by atoms with Crippen LogP contribution in [0, 0.1) is 0 Å². The van der Waals surface area contributed by atoms with E-state index < -0.39 is 0 Å². The Morgan fingerprint density at radius 2 is 2.04 bits per heavy atom. The predicted octanol–water partition coefficient (Wildman–Crippen LogP) is 2.66. The molecule has 1 aromatic heterocycles. The summed E-state index contributed by atoms with van der Waals surface area (Å²) in [5, 5.41) is 27.3. The van der Waals surface area contributed by atoms with E-state index in [0.717, 1.165) is 5.69 Å². The average Bonchev–Trinajstić information content (AvgIpc) is 3.10. The largest absolute Gasteiger partial charge is 0.504 e. The number of hydrogen-bond donors (Lipinski definition) is 2. The lowest BCUT2D eigenvalue weighted by Crippen LogP contribution is -2.04. The average molecular weight is 357 g/mol. The van der Waals surface area contributed by atoms with Gasteiger partial charge in [-0.05, 0) is 30.3 Å². The van der Waals surface area contributed by atoms with Crippen LogP contribution in [0.5, 0.6) is 17.2 Å². The minimum Gasteiger partial charge on any atom is -0.504 e. The summed E-state index contributed by atoms with van der Waals surface area (Å²) in [6.45, 7) is 0. The van der Waals surface area contributed by atoms with Crippen LogP contribution in [-0.2, 0) is 0 Å². The molecule has 8 heteroatoms. The van der Waals surface area contributed by atoms with Crippen molar-refractivity contribution in [2.45, 2.75) is 5.16 Å². The molecule has 2 N–H and O–H groups in total. The number of nitrogens with zero attached hydrogens (tertiary/aromatic N) is 3. The van der Waals surface area contributed by atoms with Gasteiger partial charge in [0.15, 0.2) is 22.4 Å². The van der Waals surface area contributed by atoms with Gasteiger partial charge in [0, 0.05) is 11.6 Å². The number of carbonyl (C=O) groups excluding carboxylic acids is 1. The Bertz CT molecular complexity index is 910. The molecule has 0 amide bonds. The number of ether oxygens (including phenoxy) is 1. The first-order valence-electron chi connectivity index (χ1n) is 7.31. The highest BCUT2D eigenvalue weighted by Gasteiger charge is 2.13. The second kappa shape index (κ2) is 7.27. The van der Waals surface area contributed by atoms with Gasteiger partial charge in [-0.3, -0.25) is 9.36 Å².